The van der Waals surface area contributed by atoms with Crippen molar-refractivity contribution in [3.8, 4) is 0 Å². The van der Waals surface area contributed by atoms with E-state index in [2.05, 4.69) is 33.0 Å². The molecule has 1 saturated heterocycles. The molecule has 2 aliphatic rings. The van der Waals surface area contributed by atoms with Crippen molar-refractivity contribution in [2.75, 3.05) is 32.1 Å². The molecule has 1 aliphatic carbocycles. The van der Waals surface area contributed by atoms with E-state index in [0.29, 0.717) is 11.4 Å². The molecule has 3 N–H and O–H groups in total. The third-order valence-corrected chi connectivity index (χ3v) is 6.47. The topological polar surface area (TPSA) is 82.7 Å². The van der Waals surface area contributed by atoms with Crippen LogP contribution in [-0.2, 0) is 5.41 Å². The van der Waals surface area contributed by atoms with Crippen LogP contribution in [0.3, 0.4) is 0 Å². The van der Waals surface area contributed by atoms with Crippen LogP contribution in [0.25, 0.3) is 0 Å². The lowest BCUT2D eigenvalue weighted by atomic mass is 9.72. The van der Waals surface area contributed by atoms with Gasteiger partial charge < -0.3 is 20.6 Å². The highest BCUT2D eigenvalue weighted by Gasteiger charge is 2.53. The quantitative estimate of drug-likeness (QED) is 0.851. The normalized spacial score (nSPS) is 23.2. The average Bonchev–Trinajstić information content (AvgIpc) is 2.91. The van der Waals surface area contributed by atoms with E-state index in [4.69, 9.17) is 5.73 Å². The zero-order valence-corrected chi connectivity index (χ0v) is 16.7. The Bertz CT molecular complexity index is 903. The number of benzene rings is 1. The Morgan fingerprint density at radius 3 is 2.54 bits per heavy atom. The van der Waals surface area contributed by atoms with Crippen molar-refractivity contribution in [3.63, 3.8) is 0 Å². The number of nitrogens with zero attached hydrogens (tertiary/aromatic N) is 3. The van der Waals surface area contributed by atoms with Crippen LogP contribution in [0, 0.1) is 6.92 Å². The first-order chi connectivity index (χ1) is 13.3. The summed E-state index contributed by atoms with van der Waals surface area (Å²) in [6, 6.07) is 12.0. The molecule has 28 heavy (non-hydrogen) atoms. The maximum Gasteiger partial charge on any atom is 0.252 e. The van der Waals surface area contributed by atoms with Crippen molar-refractivity contribution in [1.29, 1.82) is 0 Å². The number of aromatic nitrogens is 1. The molecule has 1 fully saturated rings. The van der Waals surface area contributed by atoms with Gasteiger partial charge in [0.2, 0.25) is 0 Å². The Morgan fingerprint density at radius 2 is 1.89 bits per heavy atom. The van der Waals surface area contributed by atoms with E-state index >= 15 is 0 Å². The maximum absolute atomic E-state index is 11.9. The van der Waals surface area contributed by atoms with Crippen molar-refractivity contribution in [2.24, 2.45) is 5.73 Å². The van der Waals surface area contributed by atoms with E-state index in [9.17, 15) is 9.90 Å². The first kappa shape index (κ1) is 18.9. The van der Waals surface area contributed by atoms with Gasteiger partial charge in [0.25, 0.3) is 5.91 Å². The smallest absolute Gasteiger partial charge is 0.252 e. The molecule has 148 valence electrons. The van der Waals surface area contributed by atoms with Crippen molar-refractivity contribution in [2.45, 2.75) is 37.3 Å². The summed E-state index contributed by atoms with van der Waals surface area (Å²) < 4.78 is 0. The number of anilines is 1. The molecule has 1 amide bonds. The lowest BCUT2D eigenvalue weighted by Gasteiger charge is -2.44. The van der Waals surface area contributed by atoms with Gasteiger partial charge >= 0.3 is 0 Å². The lowest BCUT2D eigenvalue weighted by molar-refractivity contribution is 0.0166. The molecule has 6 nitrogen and oxygen atoms in total. The Hall–Kier alpha value is -2.44. The van der Waals surface area contributed by atoms with Gasteiger partial charge in [-0.05, 0) is 57.1 Å². The summed E-state index contributed by atoms with van der Waals surface area (Å²) in [6.07, 6.45) is 1.16. The summed E-state index contributed by atoms with van der Waals surface area (Å²) in [7, 11) is 4.04. The van der Waals surface area contributed by atoms with E-state index in [1.807, 2.05) is 33.2 Å². The van der Waals surface area contributed by atoms with Gasteiger partial charge in [-0.3, -0.25) is 4.79 Å². The van der Waals surface area contributed by atoms with Crippen molar-refractivity contribution >= 4 is 11.7 Å². The highest BCUT2D eigenvalue weighted by molar-refractivity contribution is 5.97. The second-order valence-electron chi connectivity index (χ2n) is 8.27. The van der Waals surface area contributed by atoms with Gasteiger partial charge in [0.1, 0.15) is 5.82 Å². The number of carbonyl (C=O) groups excluding carboxylic acids is 1. The number of amides is 1. The van der Waals surface area contributed by atoms with E-state index < -0.39 is 12.0 Å². The molecule has 0 saturated carbocycles. The number of nitrogens with two attached hydrogens (primary N) is 1. The van der Waals surface area contributed by atoms with Gasteiger partial charge in [-0.25, -0.2) is 4.98 Å². The number of aryl methyl sites for hydroxylation is 1. The van der Waals surface area contributed by atoms with Crippen LogP contribution in [0.2, 0.25) is 0 Å². The van der Waals surface area contributed by atoms with Crippen LogP contribution >= 0.6 is 0 Å². The predicted molar refractivity (Wildman–Crippen MR) is 109 cm³/mol. The number of primary amides is 1. The van der Waals surface area contributed by atoms with Crippen molar-refractivity contribution in [1.82, 2.24) is 9.88 Å². The number of piperidine rings is 1. The number of aliphatic hydroxyl groups excluding tert-OH is 1. The molecule has 0 unspecified atom stereocenters. The standard InChI is InChI=1S/C22H28N4O2/c1-14-8-9-16(20(23)28)21(24-14)26-12-10-22(11-13-26)17-7-5-4-6-15(17)18(19(22)27)25(2)3/h4-9,18-19,27H,10-13H2,1-3H3,(H2,23,28)/t18-,19+/m0/s1. The predicted octanol–water partition coefficient (Wildman–Crippen LogP) is 2.00. The Kier molecular flexibility index (Phi) is 4.63. The summed E-state index contributed by atoms with van der Waals surface area (Å²) in [5.41, 5.74) is 9.11. The molecule has 1 aromatic heterocycles. The number of hydrogen-bond donors (Lipinski definition) is 2. The van der Waals surface area contributed by atoms with Crippen molar-refractivity contribution in [3.05, 3.63) is 58.8 Å². The van der Waals surface area contributed by atoms with Gasteiger partial charge in [0.05, 0.1) is 17.7 Å². The van der Waals surface area contributed by atoms with Gasteiger partial charge in [-0.2, -0.15) is 0 Å². The maximum atomic E-state index is 11.9. The second-order valence-corrected chi connectivity index (χ2v) is 8.27. The first-order valence-electron chi connectivity index (χ1n) is 9.81. The number of rotatable bonds is 3. The molecule has 2 atom stereocenters. The SMILES string of the molecule is Cc1ccc(C(N)=O)c(N2CCC3(CC2)c2ccccc2[C@H](N(C)C)[C@H]3O)n1. The number of pyridine rings is 1. The van der Waals surface area contributed by atoms with Gasteiger partial charge in [0, 0.05) is 24.2 Å². The van der Waals surface area contributed by atoms with E-state index in [1.54, 1.807) is 6.07 Å². The second kappa shape index (κ2) is 6.87. The zero-order chi connectivity index (χ0) is 20.1. The van der Waals surface area contributed by atoms with Crippen LogP contribution < -0.4 is 10.6 Å². The minimum absolute atomic E-state index is 0.000949. The third kappa shape index (κ3) is 2.79. The molecule has 0 bridgehead atoms. The van der Waals surface area contributed by atoms with E-state index in [-0.39, 0.29) is 11.5 Å². The van der Waals surface area contributed by atoms with Crippen LogP contribution in [0.4, 0.5) is 5.82 Å². The Labute approximate surface area is 166 Å². The van der Waals surface area contributed by atoms with Crippen LogP contribution in [-0.4, -0.2) is 54.2 Å². The zero-order valence-electron chi connectivity index (χ0n) is 16.7. The van der Waals surface area contributed by atoms with Crippen LogP contribution in [0.15, 0.2) is 36.4 Å². The number of fused-ring (bicyclic) bond motifs is 2. The summed E-state index contributed by atoms with van der Waals surface area (Å²) in [4.78, 5) is 20.7. The minimum atomic E-state index is -0.457. The summed E-state index contributed by atoms with van der Waals surface area (Å²) in [5, 5.41) is 11.3. The molecule has 2 heterocycles. The summed E-state index contributed by atoms with van der Waals surface area (Å²) in [5.74, 6) is 0.203. The molecule has 1 aromatic carbocycles. The highest BCUT2D eigenvalue weighted by atomic mass is 16.3. The molecule has 2 aromatic rings. The molecule has 4 rings (SSSR count). The van der Waals surface area contributed by atoms with E-state index in [1.165, 1.54) is 11.1 Å². The number of hydrogen-bond acceptors (Lipinski definition) is 5. The van der Waals surface area contributed by atoms with Crippen LogP contribution in [0.5, 0.6) is 0 Å². The van der Waals surface area contributed by atoms with Gasteiger partial charge in [-0.1, -0.05) is 24.3 Å². The first-order valence-corrected chi connectivity index (χ1v) is 9.81. The van der Waals surface area contributed by atoms with Gasteiger partial charge in [0.15, 0.2) is 0 Å². The monoisotopic (exact) mass is 380 g/mol. The highest BCUT2D eigenvalue weighted by Crippen LogP contribution is 2.52. The van der Waals surface area contributed by atoms with Crippen molar-refractivity contribution < 1.29 is 9.90 Å². The molecular formula is C22H28N4O2. The van der Waals surface area contributed by atoms with Gasteiger partial charge in [-0.15, -0.1) is 0 Å². The Balaban J connectivity index is 1.66. The average molecular weight is 380 g/mol. The molecular weight excluding hydrogens is 352 g/mol. The van der Waals surface area contributed by atoms with Crippen LogP contribution in [0.1, 0.15) is 46.1 Å². The minimum Gasteiger partial charge on any atom is -0.390 e. The van der Waals surface area contributed by atoms with E-state index in [0.717, 1.165) is 31.6 Å². The number of likely N-dealkylation sites (N-methyl/N-ethyl adjacent to an activating group) is 1. The largest absolute Gasteiger partial charge is 0.390 e. The summed E-state index contributed by atoms with van der Waals surface area (Å²) >= 11 is 0. The number of carbonyl (C=O) groups is 1. The fraction of sp³-hybridized carbons (Fsp3) is 0.455. The Morgan fingerprint density at radius 1 is 1.21 bits per heavy atom. The third-order valence-electron chi connectivity index (χ3n) is 6.47. The molecule has 1 aliphatic heterocycles. The summed E-state index contributed by atoms with van der Waals surface area (Å²) in [6.45, 7) is 3.36. The lowest BCUT2D eigenvalue weighted by Crippen LogP contribution is -2.49. The number of aliphatic hydroxyl groups is 1. The molecule has 6 heteroatoms. The fourth-order valence-corrected chi connectivity index (χ4v) is 5.06. The molecule has 0 radical (unpaired) electrons. The fourth-order valence-electron chi connectivity index (χ4n) is 5.06. The molecule has 1 spiro atoms.